The molecule has 36 heteroatoms. The van der Waals surface area contributed by atoms with E-state index in [4.69, 9.17) is 62.7 Å². The van der Waals surface area contributed by atoms with Crippen LogP contribution < -0.4 is 0 Å². The number of carbonyl (C=O) groups is 8. The maximum absolute atomic E-state index is 12.2. The van der Waals surface area contributed by atoms with E-state index in [0.717, 1.165) is 30.8 Å². The molecule has 1 aliphatic carbocycles. The van der Waals surface area contributed by atoms with Gasteiger partial charge in [0.25, 0.3) is 0 Å². The lowest BCUT2D eigenvalue weighted by molar-refractivity contribution is -0.157. The van der Waals surface area contributed by atoms with Gasteiger partial charge in [0, 0.05) is 72.5 Å². The third-order valence-corrected chi connectivity index (χ3v) is 18.5. The van der Waals surface area contributed by atoms with Gasteiger partial charge in [-0.15, -0.1) is 0 Å². The van der Waals surface area contributed by atoms with Gasteiger partial charge in [0.1, 0.15) is 0 Å². The number of rotatable bonds is 30. The zero-order chi connectivity index (χ0) is 90.1. The molecule has 0 unspecified atom stereocenters. The Morgan fingerprint density at radius 3 is 1.02 bits per heavy atom. The van der Waals surface area contributed by atoms with Gasteiger partial charge >= 0.3 is 47.8 Å². The monoisotopic (exact) mass is 1710 g/mol. The van der Waals surface area contributed by atoms with E-state index in [9.17, 15) is 110 Å². The molecular weight excluding hydrogens is 1610 g/mol. The van der Waals surface area contributed by atoms with Crippen LogP contribution in [0.15, 0.2) is 186 Å². The smallest absolute Gasteiger partial charge is 0.337 e. The molecule has 9 rings (SSSR count). The average molecular weight is 1710 g/mol. The molecule has 0 radical (unpaired) electrons. The van der Waals surface area contributed by atoms with Crippen LogP contribution in [-0.4, -0.2) is 233 Å². The van der Waals surface area contributed by atoms with Crippen molar-refractivity contribution in [3.63, 3.8) is 0 Å². The fraction of sp³-hybridized carbons (Fsp3) is 0.372. The van der Waals surface area contributed by atoms with Crippen molar-refractivity contribution in [3.05, 3.63) is 214 Å². The average Bonchev–Trinajstić information content (AvgIpc) is 0.812. The quantitative estimate of drug-likeness (QED) is 0.0115. The van der Waals surface area contributed by atoms with Crippen molar-refractivity contribution >= 4 is 47.8 Å². The number of aliphatic hydroxyl groups is 7. The molecule has 0 spiro atoms. The summed E-state index contributed by atoms with van der Waals surface area (Å²) in [5.41, 5.74) is 5.55. The van der Waals surface area contributed by atoms with E-state index >= 15 is 0 Å². The minimum absolute atomic E-state index is 0.0174. The fourth-order valence-corrected chi connectivity index (χ4v) is 12.0. The van der Waals surface area contributed by atoms with Gasteiger partial charge in [-0.1, -0.05) is 66.8 Å². The first kappa shape index (κ1) is 99.5. The van der Waals surface area contributed by atoms with Crippen molar-refractivity contribution in [3.8, 4) is 57.5 Å². The number of phenols is 10. The Kier molecular flexibility index (Phi) is 41.9. The summed E-state index contributed by atoms with van der Waals surface area (Å²) in [5.74, 6) is -9.27. The van der Waals surface area contributed by atoms with Crippen LogP contribution >= 0.6 is 0 Å². The zero-order valence-corrected chi connectivity index (χ0v) is 67.2. The lowest BCUT2D eigenvalue weighted by atomic mass is 9.85. The maximum Gasteiger partial charge on any atom is 0.337 e. The summed E-state index contributed by atoms with van der Waals surface area (Å²) >= 11 is 0. The van der Waals surface area contributed by atoms with Crippen molar-refractivity contribution in [2.45, 2.75) is 116 Å². The van der Waals surface area contributed by atoms with Crippen LogP contribution in [0.3, 0.4) is 0 Å². The van der Waals surface area contributed by atoms with Gasteiger partial charge in [-0.25, -0.2) is 14.4 Å². The first-order valence-electron chi connectivity index (χ1n) is 37.8. The number of carbonyl (C=O) groups excluding carboxylic acids is 8. The van der Waals surface area contributed by atoms with E-state index in [1.54, 1.807) is 62.4 Å². The minimum atomic E-state index is -1.54. The second kappa shape index (κ2) is 51.4. The third-order valence-electron chi connectivity index (χ3n) is 18.5. The van der Waals surface area contributed by atoms with Crippen LogP contribution in [0.1, 0.15) is 80.2 Å². The number of benzene rings is 5. The summed E-state index contributed by atoms with van der Waals surface area (Å²) in [6.07, 6.45) is 10.6. The molecule has 0 saturated carbocycles. The van der Waals surface area contributed by atoms with Crippen LogP contribution in [0.2, 0.25) is 0 Å². The lowest BCUT2D eigenvalue weighted by Crippen LogP contribution is -2.31. The number of hydrogen-bond donors (Lipinski definition) is 17. The van der Waals surface area contributed by atoms with Crippen molar-refractivity contribution < 1.29 is 177 Å². The molecule has 0 saturated heterocycles. The van der Waals surface area contributed by atoms with Crippen molar-refractivity contribution in [1.29, 1.82) is 0 Å². The Morgan fingerprint density at radius 1 is 0.402 bits per heavy atom. The molecule has 36 nitrogen and oxygen atoms in total. The van der Waals surface area contributed by atoms with Gasteiger partial charge < -0.3 is 139 Å². The number of esters is 8. The molecule has 122 heavy (non-hydrogen) atoms. The molecule has 9 atom stereocenters. The van der Waals surface area contributed by atoms with E-state index in [1.807, 2.05) is 12.2 Å². The first-order valence-corrected chi connectivity index (χ1v) is 37.8. The predicted octanol–water partition coefficient (Wildman–Crippen LogP) is 5.59. The van der Waals surface area contributed by atoms with Gasteiger partial charge in [0.2, 0.25) is 18.9 Å². The molecule has 0 aromatic heterocycles. The number of allylic oxidation sites excluding steroid dienone is 4. The SMILES string of the molecule is C/C=C1/[C@H](CC(=O)OCCc2ccc(O)c(O)c2)C(C(=O)OC)=CO[C@@H]1O.C/C=C1\[C@@H](O)OC=C(C(=O)OC)[C@@H]1CC(=O)OCCc1ccc(O)c(O)c1.COC(=O)[C@H](O)CC(=O)OCCc1ccc(O)c(O)c1.O=C(C[C@H]1C=CC[C@H](O)/C1=C\CO)OCCc1ccc(O)c(O)c1.O=C(C[C@H]1C=CO[C@@H](O)/C1=C\CO)OCCc1ccc(O)c(O)c1. The summed E-state index contributed by atoms with van der Waals surface area (Å²) < 4.78 is 54.2. The summed E-state index contributed by atoms with van der Waals surface area (Å²) in [7, 11) is 3.53. The van der Waals surface area contributed by atoms with Crippen LogP contribution in [0.25, 0.3) is 0 Å². The normalized spacial score (nSPS) is 19.5. The second-order valence-electron chi connectivity index (χ2n) is 26.8. The lowest BCUT2D eigenvalue weighted by Gasteiger charge is -2.28. The third kappa shape index (κ3) is 32.6. The standard InChI is InChI=1S/2C19H22O8.C18H22O6.C17H20O7.C13H16O7/c2*1-3-12-13(14(18(23)25-2)10-27-19(12)24)9-17(22)26-7-6-11-4-5-15(20)16(21)8-11;19-8-6-14-13(2-1-3-15(14)20)11-18(23)24-9-7-12-4-5-16(21)17(22)10-12;18-6-3-13-12(5-8-24-17(13)22)10-16(21)23-7-4-11-1-2-14(19)15(20)9-11;1-19-13(18)11(16)7-12(17)20-5-4-8-2-3-9(14)10(15)6-8/h2*3-5,8,10,13,19-21,24H,6-7,9H2,1-2H3;1-2,4-6,10,13,15,19-22H,3,7-9,11H2;1-3,5,8-9,12,17-20,22H,4,6-7,10H2;2-3,6,11,14-16H,4-5,7H2,1H3/b2*12-3-;14-6-;13-3-;/t13-,19+;13-,19-;13-,15+;12-,17-;11-/m10111/s1. The van der Waals surface area contributed by atoms with Crippen molar-refractivity contribution in [2.24, 2.45) is 23.7 Å². The van der Waals surface area contributed by atoms with Crippen LogP contribution in [0.5, 0.6) is 57.5 Å². The van der Waals surface area contributed by atoms with Crippen molar-refractivity contribution in [1.82, 2.24) is 0 Å². The summed E-state index contributed by atoms with van der Waals surface area (Å²) in [6.45, 7) is 3.29. The summed E-state index contributed by atoms with van der Waals surface area (Å²) in [5, 5.41) is 160. The molecular formula is C86H102O36. The highest BCUT2D eigenvalue weighted by Gasteiger charge is 2.38. The molecule has 662 valence electrons. The van der Waals surface area contributed by atoms with Gasteiger partial charge in [-0.2, -0.15) is 0 Å². The Balaban J connectivity index is 0.000000272. The van der Waals surface area contributed by atoms with Gasteiger partial charge in [-0.05, 0) is 120 Å². The molecule has 17 N–H and O–H groups in total. The molecule has 5 aromatic carbocycles. The van der Waals surface area contributed by atoms with Gasteiger partial charge in [0.15, 0.2) is 63.6 Å². The predicted molar refractivity (Wildman–Crippen MR) is 425 cm³/mol. The Morgan fingerprint density at radius 2 is 0.713 bits per heavy atom. The Hall–Kier alpha value is -13.1. The highest BCUT2D eigenvalue weighted by atomic mass is 16.6. The second-order valence-corrected chi connectivity index (χ2v) is 26.8. The first-order chi connectivity index (χ1) is 58.2. The number of ether oxygens (including phenoxy) is 11. The largest absolute Gasteiger partial charge is 0.504 e. The van der Waals surface area contributed by atoms with Crippen LogP contribution in [0.4, 0.5) is 0 Å². The number of methoxy groups -OCH3 is 3. The Bertz CT molecular complexity index is 4360. The number of phenolic OH excluding ortho intramolecular Hbond substituents is 10. The Labute approximate surface area is 700 Å². The molecule has 3 aliphatic heterocycles. The molecule has 0 bridgehead atoms. The van der Waals surface area contributed by atoms with E-state index in [0.29, 0.717) is 77.5 Å². The van der Waals surface area contributed by atoms with Gasteiger partial charge in [0.05, 0.1) is 136 Å². The molecule has 5 aromatic rings. The highest BCUT2D eigenvalue weighted by Crippen LogP contribution is 2.37. The highest BCUT2D eigenvalue weighted by molar-refractivity contribution is 5.91. The fourth-order valence-electron chi connectivity index (χ4n) is 12.0. The maximum atomic E-state index is 12.2. The van der Waals surface area contributed by atoms with E-state index in [2.05, 4.69) is 4.74 Å². The van der Waals surface area contributed by atoms with E-state index in [-0.39, 0.29) is 146 Å². The summed E-state index contributed by atoms with van der Waals surface area (Å²) in [6, 6.07) is 21.8. The van der Waals surface area contributed by atoms with Crippen molar-refractivity contribution in [2.75, 3.05) is 67.6 Å². The van der Waals surface area contributed by atoms with E-state index < -0.39 is 103 Å². The molecule has 3 heterocycles. The molecule has 4 aliphatic rings. The molecule has 0 amide bonds. The topological polar surface area (TPSA) is 582 Å². The van der Waals surface area contributed by atoms with Crippen LogP contribution in [-0.2, 0) is 123 Å². The molecule has 0 fully saturated rings. The van der Waals surface area contributed by atoms with Crippen LogP contribution in [0, 0.1) is 23.7 Å². The van der Waals surface area contributed by atoms with Gasteiger partial charge in [-0.3, -0.25) is 24.0 Å². The minimum Gasteiger partial charge on any atom is -0.504 e. The number of aliphatic hydroxyl groups excluding tert-OH is 7. The zero-order valence-electron chi connectivity index (χ0n) is 67.2. The summed E-state index contributed by atoms with van der Waals surface area (Å²) in [4.78, 5) is 94.3. The number of aromatic hydroxyl groups is 10. The van der Waals surface area contributed by atoms with E-state index in [1.165, 1.54) is 93.3 Å². The number of hydrogen-bond acceptors (Lipinski definition) is 36.